The minimum atomic E-state index is -1.12. The Morgan fingerprint density at radius 1 is 0.978 bits per heavy atom. The third kappa shape index (κ3) is 9.80. The van der Waals surface area contributed by atoms with E-state index < -0.39 is 41.7 Å². The van der Waals surface area contributed by atoms with E-state index in [1.54, 1.807) is 39.5 Å². The molecule has 46 heavy (non-hydrogen) atoms. The van der Waals surface area contributed by atoms with Gasteiger partial charge in [-0.05, 0) is 68.5 Å². The fourth-order valence-corrected chi connectivity index (χ4v) is 6.45. The predicted octanol–water partition coefficient (Wildman–Crippen LogP) is 5.46. The fourth-order valence-electron chi connectivity index (χ4n) is 5.16. The van der Waals surface area contributed by atoms with Gasteiger partial charge in [-0.2, -0.15) is 0 Å². The van der Waals surface area contributed by atoms with Gasteiger partial charge in [0.2, 0.25) is 12.2 Å². The van der Waals surface area contributed by atoms with Crippen LogP contribution in [-0.4, -0.2) is 72.5 Å². The molecular weight excluding hydrogens is 604 g/mol. The maximum Gasteiger partial charge on any atom is 0.328 e. The fraction of sp³-hybridized carbons (Fsp3) is 0.444. The van der Waals surface area contributed by atoms with Gasteiger partial charge in [0.25, 0.3) is 0 Å². The van der Waals surface area contributed by atoms with Crippen molar-refractivity contribution >= 4 is 46.3 Å². The van der Waals surface area contributed by atoms with Crippen molar-refractivity contribution in [2.24, 2.45) is 5.41 Å². The third-order valence-electron chi connectivity index (χ3n) is 7.65. The number of carbonyl (C=O) groups is 4. The number of aryl methyl sites for hydroxylation is 1. The van der Waals surface area contributed by atoms with Gasteiger partial charge >= 0.3 is 17.9 Å². The molecule has 1 saturated heterocycles. The molecule has 1 heterocycles. The van der Waals surface area contributed by atoms with Crippen LogP contribution in [0.15, 0.2) is 72.8 Å². The molecule has 0 radical (unpaired) electrons. The molecule has 4 rings (SSSR count). The summed E-state index contributed by atoms with van der Waals surface area (Å²) in [5, 5.41) is 5.32. The number of nitrogens with one attached hydrogen (secondary N) is 1. The van der Waals surface area contributed by atoms with Gasteiger partial charge in [0.15, 0.2) is 0 Å². The van der Waals surface area contributed by atoms with E-state index in [4.69, 9.17) is 14.2 Å². The summed E-state index contributed by atoms with van der Waals surface area (Å²) in [7, 11) is 0. The molecule has 4 unspecified atom stereocenters. The van der Waals surface area contributed by atoms with Gasteiger partial charge < -0.3 is 19.1 Å². The highest BCUT2D eigenvalue weighted by Crippen LogP contribution is 2.35. The second kappa shape index (κ2) is 16.1. The number of amides is 1. The second-order valence-electron chi connectivity index (χ2n) is 12.4. The van der Waals surface area contributed by atoms with Crippen molar-refractivity contribution in [1.82, 2.24) is 10.2 Å². The monoisotopic (exact) mass is 648 g/mol. The van der Waals surface area contributed by atoms with E-state index in [2.05, 4.69) is 17.4 Å². The molecule has 0 spiro atoms. The van der Waals surface area contributed by atoms with Crippen LogP contribution in [0, 0.1) is 5.41 Å². The summed E-state index contributed by atoms with van der Waals surface area (Å²) in [6, 6.07) is 22.6. The summed E-state index contributed by atoms with van der Waals surface area (Å²) >= 11 is 1.60. The normalized spacial score (nSPS) is 18.4. The number of fused-ring (bicyclic) bond motifs is 1. The molecule has 4 atom stereocenters. The standard InChI is InChI=1S/C36H44N2O7S/c1-6-43-34(41)29(19-16-25-12-8-7-9-13-25)37-30-23-46-31(28-18-17-26-14-10-11-15-27(26)20-28)21-38(33(30)40)22-32(39)44-24(2)45-35(42)36(3,4)5/h7-15,17-18,20,24,29-31,37H,6,16,19,21-23H2,1-5H3. The summed E-state index contributed by atoms with van der Waals surface area (Å²) in [5.41, 5.74) is 1.33. The van der Waals surface area contributed by atoms with E-state index in [0.717, 1.165) is 21.9 Å². The zero-order valence-corrected chi connectivity index (χ0v) is 28.0. The molecule has 0 bridgehead atoms. The Bertz CT molecular complexity index is 1510. The first-order chi connectivity index (χ1) is 21.9. The molecule has 0 aromatic heterocycles. The number of nitrogens with zero attached hydrogens (tertiary/aromatic N) is 1. The molecule has 1 aliphatic heterocycles. The van der Waals surface area contributed by atoms with Gasteiger partial charge in [-0.25, -0.2) is 0 Å². The van der Waals surface area contributed by atoms with Crippen LogP contribution in [0.5, 0.6) is 0 Å². The third-order valence-corrected chi connectivity index (χ3v) is 9.00. The number of thioether (sulfide) groups is 1. The van der Waals surface area contributed by atoms with E-state index in [1.807, 2.05) is 60.7 Å². The van der Waals surface area contributed by atoms with Crippen molar-refractivity contribution in [1.29, 1.82) is 0 Å². The number of benzene rings is 3. The first-order valence-electron chi connectivity index (χ1n) is 15.7. The van der Waals surface area contributed by atoms with Gasteiger partial charge in [-0.15, -0.1) is 11.8 Å². The van der Waals surface area contributed by atoms with Crippen molar-refractivity contribution in [3.05, 3.63) is 83.9 Å². The van der Waals surface area contributed by atoms with Crippen LogP contribution in [0.3, 0.4) is 0 Å². The Kier molecular flexibility index (Phi) is 12.2. The SMILES string of the molecule is CCOC(=O)C(CCc1ccccc1)NC1CSC(c2ccc3ccccc3c2)CN(CC(=O)OC(C)OC(=O)C(C)(C)C)C1=O. The molecule has 3 aromatic rings. The Morgan fingerprint density at radius 3 is 2.37 bits per heavy atom. The van der Waals surface area contributed by atoms with E-state index in [-0.39, 0.29) is 30.9 Å². The lowest BCUT2D eigenvalue weighted by molar-refractivity contribution is -0.191. The minimum absolute atomic E-state index is 0.144. The first-order valence-corrected chi connectivity index (χ1v) is 16.8. The highest BCUT2D eigenvalue weighted by Gasteiger charge is 2.36. The summed E-state index contributed by atoms with van der Waals surface area (Å²) in [4.78, 5) is 54.0. The molecule has 246 valence electrons. The summed E-state index contributed by atoms with van der Waals surface area (Å²) < 4.78 is 16.1. The van der Waals surface area contributed by atoms with Gasteiger partial charge in [0.05, 0.1) is 18.1 Å². The molecule has 1 N–H and O–H groups in total. The Morgan fingerprint density at radius 2 is 1.67 bits per heavy atom. The molecule has 1 aliphatic rings. The van der Waals surface area contributed by atoms with Gasteiger partial charge in [0.1, 0.15) is 12.6 Å². The lowest BCUT2D eigenvalue weighted by Gasteiger charge is -2.28. The molecule has 1 fully saturated rings. The average Bonchev–Trinajstić information content (AvgIpc) is 3.17. The molecule has 3 aromatic carbocycles. The van der Waals surface area contributed by atoms with Gasteiger partial charge in [-0.3, -0.25) is 24.5 Å². The van der Waals surface area contributed by atoms with Crippen LogP contribution in [0.4, 0.5) is 0 Å². The Hall–Kier alpha value is -3.89. The average molecular weight is 649 g/mol. The van der Waals surface area contributed by atoms with Gasteiger partial charge in [0, 0.05) is 24.5 Å². The zero-order valence-electron chi connectivity index (χ0n) is 27.2. The Labute approximate surface area is 275 Å². The quantitative estimate of drug-likeness (QED) is 0.202. The molecular formula is C36H44N2O7S. The number of hydrogen-bond acceptors (Lipinski definition) is 9. The number of ether oxygens (including phenoxy) is 3. The van der Waals surface area contributed by atoms with E-state index in [0.29, 0.717) is 18.6 Å². The number of carbonyl (C=O) groups excluding carboxylic acids is 4. The first kappa shape index (κ1) is 35.0. The molecule has 10 heteroatoms. The van der Waals surface area contributed by atoms with Crippen LogP contribution >= 0.6 is 11.8 Å². The topological polar surface area (TPSA) is 111 Å². The molecule has 0 saturated carbocycles. The maximum atomic E-state index is 14.1. The number of esters is 3. The largest absolute Gasteiger partial charge is 0.465 e. The Balaban J connectivity index is 1.55. The second-order valence-corrected chi connectivity index (χ2v) is 13.6. The summed E-state index contributed by atoms with van der Waals surface area (Å²) in [6.07, 6.45) is -0.0665. The lowest BCUT2D eigenvalue weighted by Crippen LogP contribution is -2.54. The van der Waals surface area contributed by atoms with E-state index in [1.165, 1.54) is 11.8 Å². The molecule has 9 nitrogen and oxygen atoms in total. The van der Waals surface area contributed by atoms with Crippen LogP contribution in [0.2, 0.25) is 0 Å². The zero-order chi connectivity index (χ0) is 33.3. The van der Waals surface area contributed by atoms with Crippen LogP contribution in [0.1, 0.15) is 57.4 Å². The van der Waals surface area contributed by atoms with E-state index >= 15 is 0 Å². The van der Waals surface area contributed by atoms with E-state index in [9.17, 15) is 19.2 Å². The van der Waals surface area contributed by atoms with Crippen LogP contribution in [-0.2, 0) is 39.8 Å². The van der Waals surface area contributed by atoms with Crippen molar-refractivity contribution in [2.45, 2.75) is 71.1 Å². The van der Waals surface area contributed by atoms with Crippen molar-refractivity contribution in [2.75, 3.05) is 25.4 Å². The van der Waals surface area contributed by atoms with Crippen molar-refractivity contribution < 1.29 is 33.4 Å². The van der Waals surface area contributed by atoms with Crippen molar-refractivity contribution in [3.8, 4) is 0 Å². The molecule has 1 amide bonds. The maximum absolute atomic E-state index is 14.1. The molecule has 0 aliphatic carbocycles. The number of rotatable bonds is 12. The van der Waals surface area contributed by atoms with Crippen LogP contribution in [0.25, 0.3) is 10.8 Å². The smallest absolute Gasteiger partial charge is 0.328 e. The predicted molar refractivity (Wildman–Crippen MR) is 179 cm³/mol. The van der Waals surface area contributed by atoms with Gasteiger partial charge in [-0.1, -0.05) is 66.7 Å². The highest BCUT2D eigenvalue weighted by molar-refractivity contribution is 7.99. The highest BCUT2D eigenvalue weighted by atomic mass is 32.2. The summed E-state index contributed by atoms with van der Waals surface area (Å²) in [5.74, 6) is -1.57. The summed E-state index contributed by atoms with van der Waals surface area (Å²) in [6.45, 7) is 8.48. The van der Waals surface area contributed by atoms with Crippen LogP contribution < -0.4 is 5.32 Å². The van der Waals surface area contributed by atoms with Crippen molar-refractivity contribution in [3.63, 3.8) is 0 Å². The lowest BCUT2D eigenvalue weighted by atomic mass is 9.97. The minimum Gasteiger partial charge on any atom is -0.465 e. The number of hydrogen-bond donors (Lipinski definition) is 1.